The molecule has 0 fully saturated rings. The van der Waals surface area contributed by atoms with E-state index >= 15 is 0 Å². The van der Waals surface area contributed by atoms with Crippen molar-refractivity contribution in [2.24, 2.45) is 0 Å². The fourth-order valence-corrected chi connectivity index (χ4v) is 5.55. The second kappa shape index (κ2) is 13.1. The molecular weight excluding hydrogens is 545 g/mol. The quantitative estimate of drug-likeness (QED) is 0.354. The van der Waals surface area contributed by atoms with Gasteiger partial charge in [-0.25, -0.2) is 8.42 Å². The van der Waals surface area contributed by atoms with Crippen molar-refractivity contribution >= 4 is 50.7 Å². The van der Waals surface area contributed by atoms with Gasteiger partial charge < -0.3 is 10.2 Å². The summed E-state index contributed by atoms with van der Waals surface area (Å²) in [6.45, 7) is 3.69. The van der Waals surface area contributed by atoms with Crippen LogP contribution in [0, 0.1) is 6.92 Å². The van der Waals surface area contributed by atoms with Crippen molar-refractivity contribution in [3.8, 4) is 0 Å². The van der Waals surface area contributed by atoms with Gasteiger partial charge in [-0.15, -0.1) is 0 Å². The fraction of sp³-hybridized carbons (Fsp3) is 0.286. The van der Waals surface area contributed by atoms with E-state index in [2.05, 4.69) is 5.32 Å². The normalized spacial score (nSPS) is 12.0. The van der Waals surface area contributed by atoms with Crippen molar-refractivity contribution in [1.29, 1.82) is 0 Å². The number of rotatable bonds is 11. The highest BCUT2D eigenvalue weighted by Gasteiger charge is 2.33. The van der Waals surface area contributed by atoms with Crippen LogP contribution in [0.4, 0.5) is 5.69 Å². The number of carbonyl (C=O) groups excluding carboxylic acids is 2. The number of nitrogens with one attached hydrogen (secondary N) is 1. The maximum atomic E-state index is 14.0. The Morgan fingerprint density at radius 2 is 1.63 bits per heavy atom. The number of nitrogens with zero attached hydrogens (tertiary/aromatic N) is 2. The summed E-state index contributed by atoms with van der Waals surface area (Å²) in [6.07, 6.45) is 1.26. The molecule has 0 spiro atoms. The molecule has 7 nitrogen and oxygen atoms in total. The lowest BCUT2D eigenvalue weighted by atomic mass is 10.0. The summed E-state index contributed by atoms with van der Waals surface area (Å²) in [6, 6.07) is 20.5. The molecule has 3 aromatic carbocycles. The van der Waals surface area contributed by atoms with E-state index < -0.39 is 28.5 Å². The first-order valence-electron chi connectivity index (χ1n) is 12.1. The zero-order valence-electron chi connectivity index (χ0n) is 21.5. The van der Waals surface area contributed by atoms with E-state index in [1.54, 1.807) is 6.92 Å². The number of carbonyl (C=O) groups is 2. The second-order valence-corrected chi connectivity index (χ2v) is 11.7. The minimum absolute atomic E-state index is 0.0884. The lowest BCUT2D eigenvalue weighted by Crippen LogP contribution is -2.53. The average molecular weight is 577 g/mol. The molecule has 38 heavy (non-hydrogen) atoms. The summed E-state index contributed by atoms with van der Waals surface area (Å²) >= 11 is 12.3. The third kappa shape index (κ3) is 7.96. The standard InChI is InChI=1S/C28H31Cl2N3O4S/c1-4-31-28(35)26(16-21-10-6-5-7-11-21)32(18-22-12-8-9-20(2)15-22)27(34)19-33(38(3,36)37)25-14-13-23(29)17-24(25)30/h5-15,17,26H,4,16,18-19H2,1-3H3,(H,31,35)/t26-/m1/s1. The van der Waals surface area contributed by atoms with Gasteiger partial charge in [-0.05, 0) is 43.2 Å². The number of halogens is 2. The summed E-state index contributed by atoms with van der Waals surface area (Å²) in [5.74, 6) is -0.872. The molecule has 3 rings (SSSR count). The molecule has 2 amide bonds. The van der Waals surface area contributed by atoms with E-state index in [0.29, 0.717) is 11.6 Å². The van der Waals surface area contributed by atoms with Crippen molar-refractivity contribution < 1.29 is 18.0 Å². The highest BCUT2D eigenvalue weighted by Crippen LogP contribution is 2.30. The molecule has 3 aromatic rings. The number of amides is 2. The Morgan fingerprint density at radius 1 is 0.947 bits per heavy atom. The molecule has 0 aliphatic carbocycles. The maximum Gasteiger partial charge on any atom is 0.244 e. The van der Waals surface area contributed by atoms with Gasteiger partial charge >= 0.3 is 0 Å². The van der Waals surface area contributed by atoms with E-state index in [1.165, 1.54) is 23.1 Å². The highest BCUT2D eigenvalue weighted by atomic mass is 35.5. The van der Waals surface area contributed by atoms with E-state index in [4.69, 9.17) is 23.2 Å². The Morgan fingerprint density at radius 3 is 2.24 bits per heavy atom. The third-order valence-corrected chi connectivity index (χ3v) is 7.58. The van der Waals surface area contributed by atoms with E-state index in [0.717, 1.165) is 27.3 Å². The lowest BCUT2D eigenvalue weighted by molar-refractivity contribution is -0.140. The number of aryl methyl sites for hydroxylation is 1. The fourth-order valence-electron chi connectivity index (χ4n) is 4.13. The second-order valence-electron chi connectivity index (χ2n) is 8.98. The van der Waals surface area contributed by atoms with Crippen LogP contribution in [-0.4, -0.2) is 50.5 Å². The predicted octanol–water partition coefficient (Wildman–Crippen LogP) is 4.84. The number of benzene rings is 3. The van der Waals surface area contributed by atoms with Gasteiger partial charge in [-0.3, -0.25) is 13.9 Å². The number of anilines is 1. The van der Waals surface area contributed by atoms with E-state index in [9.17, 15) is 18.0 Å². The van der Waals surface area contributed by atoms with Gasteiger partial charge in [-0.1, -0.05) is 83.4 Å². The first kappa shape index (κ1) is 29.5. The van der Waals surface area contributed by atoms with E-state index in [1.807, 2.05) is 61.5 Å². The van der Waals surface area contributed by atoms with Crippen LogP contribution >= 0.6 is 23.2 Å². The Kier molecular flexibility index (Phi) is 10.2. The van der Waals surface area contributed by atoms with Gasteiger partial charge in [0.2, 0.25) is 21.8 Å². The predicted molar refractivity (Wildman–Crippen MR) is 153 cm³/mol. The van der Waals surface area contributed by atoms with Gasteiger partial charge in [0.25, 0.3) is 0 Å². The minimum Gasteiger partial charge on any atom is -0.355 e. The molecule has 0 aliphatic rings. The molecule has 0 aromatic heterocycles. The molecule has 0 aliphatic heterocycles. The average Bonchev–Trinajstić information content (AvgIpc) is 2.85. The molecule has 0 radical (unpaired) electrons. The van der Waals surface area contributed by atoms with Gasteiger partial charge in [0, 0.05) is 24.5 Å². The summed E-state index contributed by atoms with van der Waals surface area (Å²) in [5, 5.41) is 3.25. The topological polar surface area (TPSA) is 86.8 Å². The van der Waals surface area contributed by atoms with Crippen LogP contribution in [-0.2, 0) is 32.6 Å². The van der Waals surface area contributed by atoms with Crippen LogP contribution in [0.3, 0.4) is 0 Å². The zero-order chi connectivity index (χ0) is 27.9. The molecule has 0 heterocycles. The number of hydrogen-bond donors (Lipinski definition) is 1. The van der Waals surface area contributed by atoms with Crippen molar-refractivity contribution in [3.63, 3.8) is 0 Å². The van der Waals surface area contributed by atoms with Crippen LogP contribution in [0.25, 0.3) is 0 Å². The van der Waals surface area contributed by atoms with Crippen LogP contribution in [0.2, 0.25) is 10.0 Å². The number of likely N-dealkylation sites (N-methyl/N-ethyl adjacent to an activating group) is 1. The first-order chi connectivity index (χ1) is 18.0. The molecular formula is C28H31Cl2N3O4S. The SMILES string of the molecule is CCNC(=O)[C@@H](Cc1ccccc1)N(Cc1cccc(C)c1)C(=O)CN(c1ccc(Cl)cc1Cl)S(C)(=O)=O. The molecule has 0 bridgehead atoms. The van der Waals surface area contributed by atoms with Crippen LogP contribution in [0.5, 0.6) is 0 Å². The van der Waals surface area contributed by atoms with Gasteiger partial charge in [0.15, 0.2) is 0 Å². The lowest BCUT2D eigenvalue weighted by Gasteiger charge is -2.33. The number of hydrogen-bond acceptors (Lipinski definition) is 4. The molecule has 1 atom stereocenters. The Hall–Kier alpha value is -3.07. The first-order valence-corrected chi connectivity index (χ1v) is 14.7. The molecule has 1 N–H and O–H groups in total. The maximum absolute atomic E-state index is 14.0. The van der Waals surface area contributed by atoms with Crippen molar-refractivity contribution in [2.75, 3.05) is 23.7 Å². The molecule has 0 saturated carbocycles. The Balaban J connectivity index is 2.06. The van der Waals surface area contributed by atoms with Gasteiger partial charge in [-0.2, -0.15) is 0 Å². The Labute approximate surface area is 234 Å². The largest absolute Gasteiger partial charge is 0.355 e. The summed E-state index contributed by atoms with van der Waals surface area (Å²) in [7, 11) is -3.92. The smallest absolute Gasteiger partial charge is 0.244 e. The third-order valence-electron chi connectivity index (χ3n) is 5.92. The molecule has 0 unspecified atom stereocenters. The summed E-state index contributed by atoms with van der Waals surface area (Å²) in [5.41, 5.74) is 2.81. The van der Waals surface area contributed by atoms with Crippen molar-refractivity contribution in [2.45, 2.75) is 32.9 Å². The highest BCUT2D eigenvalue weighted by molar-refractivity contribution is 7.92. The van der Waals surface area contributed by atoms with Crippen molar-refractivity contribution in [3.05, 3.63) is 99.5 Å². The zero-order valence-corrected chi connectivity index (χ0v) is 23.9. The molecule has 0 saturated heterocycles. The monoisotopic (exact) mass is 575 g/mol. The summed E-state index contributed by atoms with van der Waals surface area (Å²) in [4.78, 5) is 28.7. The van der Waals surface area contributed by atoms with E-state index in [-0.39, 0.29) is 29.6 Å². The Bertz CT molecular complexity index is 1380. The minimum atomic E-state index is -3.92. The number of sulfonamides is 1. The molecule has 10 heteroatoms. The van der Waals surface area contributed by atoms with Gasteiger partial charge in [0.1, 0.15) is 12.6 Å². The van der Waals surface area contributed by atoms with Gasteiger partial charge in [0.05, 0.1) is 17.0 Å². The van der Waals surface area contributed by atoms with Crippen LogP contribution in [0.15, 0.2) is 72.8 Å². The molecule has 202 valence electrons. The van der Waals surface area contributed by atoms with Crippen LogP contribution in [0.1, 0.15) is 23.6 Å². The van der Waals surface area contributed by atoms with Crippen LogP contribution < -0.4 is 9.62 Å². The van der Waals surface area contributed by atoms with Crippen molar-refractivity contribution in [1.82, 2.24) is 10.2 Å². The summed E-state index contributed by atoms with van der Waals surface area (Å²) < 4.78 is 26.6.